The monoisotopic (exact) mass is 265 g/mol. The molecule has 0 spiro atoms. The molecule has 1 aromatic carbocycles. The van der Waals surface area contributed by atoms with E-state index in [1.165, 1.54) is 16.5 Å². The fourth-order valence-electron chi connectivity index (χ4n) is 1.57. The van der Waals surface area contributed by atoms with Crippen molar-refractivity contribution in [3.05, 3.63) is 42.0 Å². The van der Waals surface area contributed by atoms with Crippen LogP contribution in [0.3, 0.4) is 0 Å². The van der Waals surface area contributed by atoms with Gasteiger partial charge in [-0.25, -0.2) is 4.79 Å². The van der Waals surface area contributed by atoms with Crippen LogP contribution in [0.1, 0.15) is 12.5 Å². The van der Waals surface area contributed by atoms with Crippen molar-refractivity contribution in [1.82, 2.24) is 4.90 Å². The van der Waals surface area contributed by atoms with Crippen LogP contribution in [-0.2, 0) is 11.3 Å². The van der Waals surface area contributed by atoms with Crippen LogP contribution in [0.4, 0.5) is 0 Å². The summed E-state index contributed by atoms with van der Waals surface area (Å²) in [5.74, 6) is 0.184. The maximum atomic E-state index is 10.3. The molecule has 0 heterocycles. The molecule has 0 bridgehead atoms. The Morgan fingerprint density at radius 3 is 2.61 bits per heavy atom. The largest absolute Gasteiger partial charge is 0.478 e. The Morgan fingerprint density at radius 2 is 2.06 bits per heavy atom. The van der Waals surface area contributed by atoms with Crippen LogP contribution in [0.15, 0.2) is 41.3 Å². The number of carboxylic acids is 1. The summed E-state index contributed by atoms with van der Waals surface area (Å²) in [5.41, 5.74) is 1.24. The number of rotatable bonds is 7. The molecule has 0 aliphatic carbocycles. The summed E-state index contributed by atoms with van der Waals surface area (Å²) in [6.45, 7) is 3.60. The minimum atomic E-state index is -0.899. The lowest BCUT2D eigenvalue weighted by Gasteiger charge is -2.14. The zero-order valence-electron chi connectivity index (χ0n) is 10.8. The van der Waals surface area contributed by atoms with Crippen molar-refractivity contribution >= 4 is 17.7 Å². The predicted octanol–water partition coefficient (Wildman–Crippen LogP) is 2.87. The number of carboxylic acid groups (broad SMARTS) is 1. The first kappa shape index (κ1) is 14.8. The fraction of sp³-hybridized carbons (Fsp3) is 0.357. The Balaban J connectivity index is 2.44. The quantitative estimate of drug-likeness (QED) is 0.608. The third-order valence-electron chi connectivity index (χ3n) is 2.36. The van der Waals surface area contributed by atoms with E-state index in [1.54, 1.807) is 6.08 Å². The minimum absolute atomic E-state index is 0.637. The zero-order chi connectivity index (χ0) is 13.4. The Hall–Kier alpha value is -1.26. The van der Waals surface area contributed by atoms with Crippen molar-refractivity contribution in [2.24, 2.45) is 0 Å². The molecule has 0 radical (unpaired) electrons. The number of carbonyl (C=O) groups is 1. The van der Waals surface area contributed by atoms with Gasteiger partial charge in [0, 0.05) is 24.1 Å². The highest BCUT2D eigenvalue weighted by molar-refractivity contribution is 7.99. The van der Waals surface area contributed by atoms with Crippen molar-refractivity contribution in [3.8, 4) is 0 Å². The molecule has 1 aromatic rings. The van der Waals surface area contributed by atoms with Gasteiger partial charge in [0.25, 0.3) is 0 Å². The van der Waals surface area contributed by atoms with Crippen LogP contribution in [0.5, 0.6) is 0 Å². The van der Waals surface area contributed by atoms with E-state index in [4.69, 9.17) is 5.11 Å². The van der Waals surface area contributed by atoms with Gasteiger partial charge in [0.2, 0.25) is 0 Å². The number of aliphatic carboxylic acids is 1. The number of benzene rings is 1. The molecule has 0 saturated heterocycles. The zero-order valence-corrected chi connectivity index (χ0v) is 11.6. The molecule has 0 atom stereocenters. The molecular weight excluding hydrogens is 246 g/mol. The smallest absolute Gasteiger partial charge is 0.328 e. The van der Waals surface area contributed by atoms with Gasteiger partial charge < -0.3 is 5.11 Å². The SMILES string of the molecule is CCSc1ccc(CN(C)C/C=C/C(=O)O)cc1. The third kappa shape index (κ3) is 5.89. The Bertz CT molecular complexity index is 401. The summed E-state index contributed by atoms with van der Waals surface area (Å²) < 4.78 is 0. The van der Waals surface area contributed by atoms with Gasteiger partial charge in [0.05, 0.1) is 0 Å². The average Bonchev–Trinajstić information content (AvgIpc) is 2.31. The second kappa shape index (κ2) is 7.95. The van der Waals surface area contributed by atoms with E-state index in [1.807, 2.05) is 18.8 Å². The summed E-state index contributed by atoms with van der Waals surface area (Å²) in [6, 6.07) is 8.50. The van der Waals surface area contributed by atoms with Crippen LogP contribution in [0.2, 0.25) is 0 Å². The lowest BCUT2D eigenvalue weighted by molar-refractivity contribution is -0.131. The van der Waals surface area contributed by atoms with E-state index >= 15 is 0 Å². The maximum Gasteiger partial charge on any atom is 0.328 e. The molecule has 0 aliphatic heterocycles. The fourth-order valence-corrected chi connectivity index (χ4v) is 2.23. The van der Waals surface area contributed by atoms with Gasteiger partial charge in [-0.2, -0.15) is 0 Å². The van der Waals surface area contributed by atoms with E-state index in [0.717, 1.165) is 12.3 Å². The van der Waals surface area contributed by atoms with E-state index < -0.39 is 5.97 Å². The van der Waals surface area contributed by atoms with Gasteiger partial charge in [0.15, 0.2) is 0 Å². The normalized spacial score (nSPS) is 11.3. The molecule has 0 aromatic heterocycles. The number of hydrogen-bond acceptors (Lipinski definition) is 3. The molecule has 0 unspecified atom stereocenters. The Morgan fingerprint density at radius 1 is 1.39 bits per heavy atom. The lowest BCUT2D eigenvalue weighted by atomic mass is 10.2. The van der Waals surface area contributed by atoms with E-state index in [2.05, 4.69) is 36.1 Å². The van der Waals surface area contributed by atoms with Gasteiger partial charge in [0.1, 0.15) is 0 Å². The molecule has 1 rings (SSSR count). The van der Waals surface area contributed by atoms with Gasteiger partial charge in [-0.1, -0.05) is 25.1 Å². The van der Waals surface area contributed by atoms with E-state index in [-0.39, 0.29) is 0 Å². The molecular formula is C14H19NO2S. The van der Waals surface area contributed by atoms with Crippen molar-refractivity contribution in [2.75, 3.05) is 19.3 Å². The van der Waals surface area contributed by atoms with Crippen LogP contribution >= 0.6 is 11.8 Å². The molecule has 1 N–H and O–H groups in total. The molecule has 0 saturated carbocycles. The first-order chi connectivity index (χ1) is 8.61. The van der Waals surface area contributed by atoms with E-state index in [9.17, 15) is 4.79 Å². The topological polar surface area (TPSA) is 40.5 Å². The number of hydrogen-bond donors (Lipinski definition) is 1. The van der Waals surface area contributed by atoms with Crippen LogP contribution in [0, 0.1) is 0 Å². The van der Waals surface area contributed by atoms with Gasteiger partial charge in [-0.05, 0) is 30.5 Å². The highest BCUT2D eigenvalue weighted by Crippen LogP contribution is 2.18. The molecule has 0 amide bonds. The van der Waals surface area contributed by atoms with Gasteiger partial charge in [-0.15, -0.1) is 11.8 Å². The molecule has 3 nitrogen and oxygen atoms in total. The standard InChI is InChI=1S/C14H19NO2S/c1-3-18-13-8-6-12(7-9-13)11-15(2)10-4-5-14(16)17/h4-9H,3,10-11H2,1-2H3,(H,16,17)/b5-4+. The van der Waals surface area contributed by atoms with Crippen molar-refractivity contribution in [1.29, 1.82) is 0 Å². The Labute approximate surface area is 113 Å². The van der Waals surface area contributed by atoms with Crippen molar-refractivity contribution < 1.29 is 9.90 Å². The average molecular weight is 265 g/mol. The summed E-state index contributed by atoms with van der Waals surface area (Å²) in [5, 5.41) is 8.49. The second-order valence-corrected chi connectivity index (χ2v) is 5.35. The van der Waals surface area contributed by atoms with Crippen LogP contribution < -0.4 is 0 Å². The van der Waals surface area contributed by atoms with E-state index in [0.29, 0.717) is 6.54 Å². The van der Waals surface area contributed by atoms with Gasteiger partial charge in [-0.3, -0.25) is 4.90 Å². The number of nitrogens with zero attached hydrogens (tertiary/aromatic N) is 1. The summed E-state index contributed by atoms with van der Waals surface area (Å²) >= 11 is 1.83. The first-order valence-corrected chi connectivity index (χ1v) is 6.90. The summed E-state index contributed by atoms with van der Waals surface area (Å²) in [6.07, 6.45) is 2.83. The molecule has 0 fully saturated rings. The van der Waals surface area contributed by atoms with Gasteiger partial charge >= 0.3 is 5.97 Å². The minimum Gasteiger partial charge on any atom is -0.478 e. The number of thioether (sulfide) groups is 1. The Kier molecular flexibility index (Phi) is 6.54. The highest BCUT2D eigenvalue weighted by Gasteiger charge is 1.99. The van der Waals surface area contributed by atoms with Crippen molar-refractivity contribution in [3.63, 3.8) is 0 Å². The predicted molar refractivity (Wildman–Crippen MR) is 75.9 cm³/mol. The number of likely N-dealkylation sites (N-methyl/N-ethyl adjacent to an activating group) is 1. The lowest BCUT2D eigenvalue weighted by Crippen LogP contribution is -2.17. The molecule has 98 valence electrons. The maximum absolute atomic E-state index is 10.3. The molecule has 0 aliphatic rings. The highest BCUT2D eigenvalue weighted by atomic mass is 32.2. The second-order valence-electron chi connectivity index (χ2n) is 4.01. The third-order valence-corrected chi connectivity index (χ3v) is 3.26. The molecule has 18 heavy (non-hydrogen) atoms. The van der Waals surface area contributed by atoms with Crippen molar-refractivity contribution in [2.45, 2.75) is 18.4 Å². The summed E-state index contributed by atoms with van der Waals surface area (Å²) in [4.78, 5) is 13.7. The summed E-state index contributed by atoms with van der Waals surface area (Å²) in [7, 11) is 1.97. The van der Waals surface area contributed by atoms with Crippen LogP contribution in [0.25, 0.3) is 0 Å². The molecule has 4 heteroatoms. The first-order valence-electron chi connectivity index (χ1n) is 5.91. The van der Waals surface area contributed by atoms with Crippen LogP contribution in [-0.4, -0.2) is 35.3 Å².